The first-order chi connectivity index (χ1) is 13.6. The number of rotatable bonds is 5. The average Bonchev–Trinajstić information content (AvgIpc) is 2.99. The maximum absolute atomic E-state index is 12.5. The van der Waals surface area contributed by atoms with Crippen LogP contribution in [0.5, 0.6) is 5.75 Å². The largest absolute Gasteiger partial charge is 0.484 e. The van der Waals surface area contributed by atoms with Crippen LogP contribution in [0.15, 0.2) is 18.2 Å². The highest BCUT2D eigenvalue weighted by Gasteiger charge is 2.33. The Bertz CT molecular complexity index is 940. The molecule has 3 N–H and O–H groups in total. The van der Waals surface area contributed by atoms with E-state index in [9.17, 15) is 9.59 Å². The second-order valence-corrected chi connectivity index (χ2v) is 10.1. The summed E-state index contributed by atoms with van der Waals surface area (Å²) >= 11 is 1.48. The maximum Gasteiger partial charge on any atom is 0.262 e. The van der Waals surface area contributed by atoms with E-state index in [0.29, 0.717) is 22.2 Å². The molecule has 2 amide bonds. The van der Waals surface area contributed by atoms with Gasteiger partial charge in [-0.2, -0.15) is 0 Å². The number of hydrogen-bond acceptors (Lipinski definition) is 4. The lowest BCUT2D eigenvalue weighted by atomic mass is 9.72. The van der Waals surface area contributed by atoms with Gasteiger partial charge >= 0.3 is 0 Å². The minimum atomic E-state index is -0.484. The number of carbonyl (C=O) groups is 2. The van der Waals surface area contributed by atoms with Gasteiger partial charge in [-0.25, -0.2) is 0 Å². The van der Waals surface area contributed by atoms with E-state index in [0.717, 1.165) is 35.3 Å². The van der Waals surface area contributed by atoms with Crippen LogP contribution in [-0.4, -0.2) is 18.4 Å². The average molecular weight is 415 g/mol. The Kier molecular flexibility index (Phi) is 6.03. The first-order valence-corrected chi connectivity index (χ1v) is 10.8. The zero-order valence-electron chi connectivity index (χ0n) is 17.8. The van der Waals surface area contributed by atoms with Crippen molar-refractivity contribution < 1.29 is 14.3 Å². The molecule has 1 heterocycles. The Morgan fingerprint density at radius 3 is 2.59 bits per heavy atom. The predicted molar refractivity (Wildman–Crippen MR) is 118 cm³/mol. The van der Waals surface area contributed by atoms with Gasteiger partial charge in [-0.1, -0.05) is 26.8 Å². The summed E-state index contributed by atoms with van der Waals surface area (Å²) < 4.78 is 5.62. The number of ether oxygens (including phenoxy) is 1. The third-order valence-electron chi connectivity index (χ3n) is 5.84. The number of aryl methyl sites for hydroxylation is 2. The van der Waals surface area contributed by atoms with E-state index >= 15 is 0 Å². The molecule has 1 unspecified atom stereocenters. The Morgan fingerprint density at radius 2 is 1.97 bits per heavy atom. The molecule has 6 heteroatoms. The number of primary amides is 1. The molecule has 29 heavy (non-hydrogen) atoms. The van der Waals surface area contributed by atoms with Crippen molar-refractivity contribution in [1.82, 2.24) is 0 Å². The number of benzene rings is 1. The van der Waals surface area contributed by atoms with Crippen LogP contribution in [0.1, 0.15) is 59.1 Å². The van der Waals surface area contributed by atoms with Gasteiger partial charge in [0.2, 0.25) is 0 Å². The molecule has 0 saturated carbocycles. The fourth-order valence-corrected chi connectivity index (χ4v) is 5.14. The van der Waals surface area contributed by atoms with Crippen molar-refractivity contribution >= 4 is 28.2 Å². The molecule has 3 rings (SSSR count). The quantitative estimate of drug-likeness (QED) is 0.748. The van der Waals surface area contributed by atoms with Gasteiger partial charge in [-0.05, 0) is 73.3 Å². The van der Waals surface area contributed by atoms with E-state index < -0.39 is 5.91 Å². The highest BCUT2D eigenvalue weighted by atomic mass is 32.1. The van der Waals surface area contributed by atoms with Crippen LogP contribution >= 0.6 is 11.3 Å². The van der Waals surface area contributed by atoms with Crippen LogP contribution < -0.4 is 15.8 Å². The molecule has 1 aromatic carbocycles. The van der Waals surface area contributed by atoms with Crippen molar-refractivity contribution in [3.63, 3.8) is 0 Å². The van der Waals surface area contributed by atoms with Gasteiger partial charge in [0.05, 0.1) is 5.56 Å². The second-order valence-electron chi connectivity index (χ2n) is 8.96. The second kappa shape index (κ2) is 8.19. The predicted octanol–water partition coefficient (Wildman–Crippen LogP) is 4.63. The highest BCUT2D eigenvalue weighted by molar-refractivity contribution is 7.17. The minimum absolute atomic E-state index is 0.117. The molecule has 1 aliphatic rings. The Hall–Kier alpha value is -2.34. The molecule has 5 nitrogen and oxygen atoms in total. The number of nitrogens with two attached hydrogens (primary N) is 1. The van der Waals surface area contributed by atoms with Crippen LogP contribution in [0.2, 0.25) is 0 Å². The van der Waals surface area contributed by atoms with E-state index in [4.69, 9.17) is 10.5 Å². The number of fused-ring (bicyclic) bond motifs is 1. The number of amides is 2. The topological polar surface area (TPSA) is 81.4 Å². The van der Waals surface area contributed by atoms with E-state index in [2.05, 4.69) is 26.1 Å². The Morgan fingerprint density at radius 1 is 1.24 bits per heavy atom. The van der Waals surface area contributed by atoms with Gasteiger partial charge in [0, 0.05) is 4.88 Å². The molecule has 0 fully saturated rings. The monoisotopic (exact) mass is 414 g/mol. The summed E-state index contributed by atoms with van der Waals surface area (Å²) in [6.07, 6.45) is 2.76. The van der Waals surface area contributed by atoms with Crippen LogP contribution in [0, 0.1) is 25.2 Å². The normalized spacial score (nSPS) is 16.2. The SMILES string of the molecule is Cc1ccc(OCC(=O)Nc2sc3c(c2C(N)=O)CCC(C(C)(C)C)C3)cc1C. The summed E-state index contributed by atoms with van der Waals surface area (Å²) in [6.45, 7) is 10.7. The summed E-state index contributed by atoms with van der Waals surface area (Å²) in [5.74, 6) is 0.418. The molecule has 0 aliphatic heterocycles. The zero-order valence-corrected chi connectivity index (χ0v) is 18.7. The summed E-state index contributed by atoms with van der Waals surface area (Å²) in [6, 6.07) is 5.72. The third-order valence-corrected chi connectivity index (χ3v) is 7.01. The van der Waals surface area contributed by atoms with Crippen LogP contribution in [0.4, 0.5) is 5.00 Å². The van der Waals surface area contributed by atoms with Gasteiger partial charge in [0.25, 0.3) is 11.8 Å². The highest BCUT2D eigenvalue weighted by Crippen LogP contribution is 2.44. The molecule has 0 bridgehead atoms. The Balaban J connectivity index is 1.73. The van der Waals surface area contributed by atoms with Crippen molar-refractivity contribution in [2.75, 3.05) is 11.9 Å². The molecule has 0 saturated heterocycles. The molecule has 1 aromatic heterocycles. The van der Waals surface area contributed by atoms with Crippen molar-refractivity contribution in [2.45, 2.75) is 53.9 Å². The molecular weight excluding hydrogens is 384 g/mol. The lowest BCUT2D eigenvalue weighted by Crippen LogP contribution is -2.27. The van der Waals surface area contributed by atoms with Gasteiger partial charge < -0.3 is 15.8 Å². The van der Waals surface area contributed by atoms with Crippen molar-refractivity contribution in [3.05, 3.63) is 45.3 Å². The van der Waals surface area contributed by atoms with Gasteiger partial charge in [-0.15, -0.1) is 11.3 Å². The smallest absolute Gasteiger partial charge is 0.262 e. The summed E-state index contributed by atoms with van der Waals surface area (Å²) in [7, 11) is 0. The number of carbonyl (C=O) groups excluding carboxylic acids is 2. The lowest BCUT2D eigenvalue weighted by Gasteiger charge is -2.33. The van der Waals surface area contributed by atoms with Crippen molar-refractivity contribution in [3.8, 4) is 5.75 Å². The van der Waals surface area contributed by atoms with E-state index in [1.807, 2.05) is 32.0 Å². The zero-order chi connectivity index (χ0) is 21.3. The van der Waals surface area contributed by atoms with Crippen LogP contribution in [0.3, 0.4) is 0 Å². The number of nitrogens with one attached hydrogen (secondary N) is 1. The van der Waals surface area contributed by atoms with E-state index in [-0.39, 0.29) is 17.9 Å². The number of anilines is 1. The molecule has 1 atom stereocenters. The van der Waals surface area contributed by atoms with E-state index in [1.165, 1.54) is 16.9 Å². The molecule has 0 spiro atoms. The maximum atomic E-state index is 12.5. The fourth-order valence-electron chi connectivity index (χ4n) is 3.79. The molecule has 1 aliphatic carbocycles. The Labute approximate surface area is 176 Å². The number of thiophene rings is 1. The number of hydrogen-bond donors (Lipinski definition) is 2. The van der Waals surface area contributed by atoms with Crippen molar-refractivity contribution in [2.24, 2.45) is 17.1 Å². The van der Waals surface area contributed by atoms with Gasteiger partial charge in [-0.3, -0.25) is 9.59 Å². The summed E-state index contributed by atoms with van der Waals surface area (Å²) in [4.78, 5) is 25.7. The minimum Gasteiger partial charge on any atom is -0.484 e. The van der Waals surface area contributed by atoms with Gasteiger partial charge in [0.1, 0.15) is 10.8 Å². The molecular formula is C23H30N2O3S. The molecule has 2 aromatic rings. The molecule has 0 radical (unpaired) electrons. The van der Waals surface area contributed by atoms with Crippen LogP contribution in [-0.2, 0) is 17.6 Å². The van der Waals surface area contributed by atoms with Crippen LogP contribution in [0.25, 0.3) is 0 Å². The standard InChI is InChI=1S/C23H30N2O3S/c1-13-6-8-16(10-14(13)2)28-12-19(26)25-22-20(21(24)27)17-9-7-15(23(3,4)5)11-18(17)29-22/h6,8,10,15H,7,9,11-12H2,1-5H3,(H2,24,27)(H,25,26). The summed E-state index contributed by atoms with van der Waals surface area (Å²) in [5, 5.41) is 3.40. The lowest BCUT2D eigenvalue weighted by molar-refractivity contribution is -0.118. The first-order valence-electron chi connectivity index (χ1n) is 10.0. The summed E-state index contributed by atoms with van der Waals surface area (Å²) in [5.41, 5.74) is 9.63. The van der Waals surface area contributed by atoms with Crippen molar-refractivity contribution in [1.29, 1.82) is 0 Å². The van der Waals surface area contributed by atoms with Gasteiger partial charge in [0.15, 0.2) is 6.61 Å². The third kappa shape index (κ3) is 4.81. The van der Waals surface area contributed by atoms with E-state index in [1.54, 1.807) is 0 Å². The fraction of sp³-hybridized carbons (Fsp3) is 0.478. The molecule has 156 valence electrons. The first kappa shape index (κ1) is 21.4.